The second-order valence-corrected chi connectivity index (χ2v) is 5.90. The van der Waals surface area contributed by atoms with E-state index in [2.05, 4.69) is 6.07 Å². The van der Waals surface area contributed by atoms with Crippen molar-refractivity contribution in [3.05, 3.63) is 76.3 Å². The van der Waals surface area contributed by atoms with Gasteiger partial charge >= 0.3 is 0 Å². The Morgan fingerprint density at radius 3 is 2.57 bits per heavy atom. The summed E-state index contributed by atoms with van der Waals surface area (Å²) in [6.45, 7) is 0.468. The molecule has 0 spiro atoms. The van der Waals surface area contributed by atoms with Gasteiger partial charge < -0.3 is 4.90 Å². The molecule has 4 rings (SSSR count). The standard InChI is InChI=1S/C19H11ClN2O/c20-16-8-9-17-18-14(16)2-1-3-15(18)19(23)22(17)11-13-6-4-12(10-21)5-7-13/h1-9H,11H2. The minimum atomic E-state index is -0.0165. The molecule has 0 saturated heterocycles. The van der Waals surface area contributed by atoms with Crippen LogP contribution in [-0.2, 0) is 6.54 Å². The zero-order chi connectivity index (χ0) is 16.0. The number of benzene rings is 3. The average Bonchev–Trinajstić information content (AvgIpc) is 2.86. The molecule has 1 aliphatic heterocycles. The van der Waals surface area contributed by atoms with Crippen molar-refractivity contribution in [2.24, 2.45) is 0 Å². The number of carbonyl (C=O) groups is 1. The van der Waals surface area contributed by atoms with Crippen LogP contribution >= 0.6 is 11.6 Å². The predicted molar refractivity (Wildman–Crippen MR) is 90.6 cm³/mol. The van der Waals surface area contributed by atoms with Gasteiger partial charge in [0, 0.05) is 21.4 Å². The second kappa shape index (κ2) is 5.12. The minimum Gasteiger partial charge on any atom is -0.303 e. The lowest BCUT2D eigenvalue weighted by Crippen LogP contribution is -2.25. The summed E-state index contributed by atoms with van der Waals surface area (Å²) in [6, 6.07) is 18.7. The van der Waals surface area contributed by atoms with E-state index in [-0.39, 0.29) is 5.91 Å². The third kappa shape index (κ3) is 2.08. The van der Waals surface area contributed by atoms with Gasteiger partial charge in [-0.15, -0.1) is 0 Å². The fourth-order valence-electron chi connectivity index (χ4n) is 3.03. The smallest absolute Gasteiger partial charge is 0.259 e. The van der Waals surface area contributed by atoms with Crippen LogP contribution in [0.4, 0.5) is 5.69 Å². The zero-order valence-electron chi connectivity index (χ0n) is 12.1. The van der Waals surface area contributed by atoms with Gasteiger partial charge in [-0.2, -0.15) is 5.26 Å². The number of hydrogen-bond acceptors (Lipinski definition) is 2. The number of nitriles is 1. The molecule has 4 heteroatoms. The molecule has 0 bridgehead atoms. The summed E-state index contributed by atoms with van der Waals surface area (Å²) >= 11 is 6.26. The molecule has 110 valence electrons. The number of anilines is 1. The summed E-state index contributed by atoms with van der Waals surface area (Å²) in [7, 11) is 0. The maximum absolute atomic E-state index is 12.7. The second-order valence-electron chi connectivity index (χ2n) is 5.49. The van der Waals surface area contributed by atoms with Crippen molar-refractivity contribution >= 4 is 34.0 Å². The van der Waals surface area contributed by atoms with Crippen LogP contribution in [0.3, 0.4) is 0 Å². The summed E-state index contributed by atoms with van der Waals surface area (Å²) in [4.78, 5) is 14.5. The van der Waals surface area contributed by atoms with Crippen LogP contribution in [-0.4, -0.2) is 5.91 Å². The SMILES string of the molecule is N#Cc1ccc(CN2C(=O)c3cccc4c(Cl)ccc2c34)cc1. The lowest BCUT2D eigenvalue weighted by atomic mass is 10.1. The first-order chi connectivity index (χ1) is 11.2. The molecule has 3 aromatic rings. The summed E-state index contributed by atoms with van der Waals surface area (Å²) in [5, 5.41) is 11.3. The number of nitrogens with zero attached hydrogens (tertiary/aromatic N) is 2. The van der Waals surface area contributed by atoms with Gasteiger partial charge in [0.2, 0.25) is 0 Å². The largest absolute Gasteiger partial charge is 0.303 e. The first kappa shape index (κ1) is 13.8. The van der Waals surface area contributed by atoms with E-state index in [1.54, 1.807) is 17.0 Å². The lowest BCUT2D eigenvalue weighted by molar-refractivity contribution is 0.0991. The normalized spacial score (nSPS) is 12.7. The Labute approximate surface area is 138 Å². The molecular formula is C19H11ClN2O. The maximum atomic E-state index is 12.7. The van der Waals surface area contributed by atoms with E-state index in [9.17, 15) is 4.79 Å². The van der Waals surface area contributed by atoms with Crippen LogP contribution in [0.15, 0.2) is 54.6 Å². The number of hydrogen-bond donors (Lipinski definition) is 0. The maximum Gasteiger partial charge on any atom is 0.259 e. The third-order valence-corrected chi connectivity index (χ3v) is 4.49. The Morgan fingerprint density at radius 2 is 1.83 bits per heavy atom. The van der Waals surface area contributed by atoms with Crippen molar-refractivity contribution < 1.29 is 4.79 Å². The number of carbonyl (C=O) groups excluding carboxylic acids is 1. The fourth-order valence-corrected chi connectivity index (χ4v) is 3.26. The van der Waals surface area contributed by atoms with Crippen molar-refractivity contribution in [3.63, 3.8) is 0 Å². The van der Waals surface area contributed by atoms with E-state index >= 15 is 0 Å². The van der Waals surface area contributed by atoms with Gasteiger partial charge in [-0.1, -0.05) is 35.9 Å². The van der Waals surface area contributed by atoms with Gasteiger partial charge in [-0.05, 0) is 35.9 Å². The summed E-state index contributed by atoms with van der Waals surface area (Å²) in [6.07, 6.45) is 0. The van der Waals surface area contributed by atoms with Crippen molar-refractivity contribution in [2.75, 3.05) is 4.90 Å². The Bertz CT molecular complexity index is 987. The molecular weight excluding hydrogens is 308 g/mol. The van der Waals surface area contributed by atoms with Crippen LogP contribution in [0.25, 0.3) is 10.8 Å². The molecule has 0 N–H and O–H groups in total. The molecule has 3 aromatic carbocycles. The van der Waals surface area contributed by atoms with Crippen molar-refractivity contribution in [3.8, 4) is 6.07 Å². The summed E-state index contributed by atoms with van der Waals surface area (Å²) < 4.78 is 0. The molecule has 0 saturated carbocycles. The molecule has 0 aliphatic carbocycles. The van der Waals surface area contributed by atoms with Crippen molar-refractivity contribution in [2.45, 2.75) is 6.54 Å². The van der Waals surface area contributed by atoms with Gasteiger partial charge in [0.1, 0.15) is 0 Å². The third-order valence-electron chi connectivity index (χ3n) is 4.16. The molecule has 23 heavy (non-hydrogen) atoms. The Hall–Kier alpha value is -2.83. The van der Waals surface area contributed by atoms with Crippen molar-refractivity contribution in [1.29, 1.82) is 5.26 Å². The summed E-state index contributed by atoms with van der Waals surface area (Å²) in [5.41, 5.74) is 3.16. The zero-order valence-corrected chi connectivity index (χ0v) is 12.8. The number of amides is 1. The van der Waals surface area contributed by atoms with E-state index in [1.165, 1.54) is 0 Å². The highest BCUT2D eigenvalue weighted by atomic mass is 35.5. The highest BCUT2D eigenvalue weighted by molar-refractivity contribution is 6.38. The number of rotatable bonds is 2. The van der Waals surface area contributed by atoms with Crippen LogP contribution < -0.4 is 4.90 Å². The highest BCUT2D eigenvalue weighted by Crippen LogP contribution is 2.40. The van der Waals surface area contributed by atoms with Crippen molar-refractivity contribution in [1.82, 2.24) is 0 Å². The first-order valence-corrected chi connectivity index (χ1v) is 7.59. The number of halogens is 1. The Balaban J connectivity index is 1.79. The fraction of sp³-hybridized carbons (Fsp3) is 0.0526. The van der Waals surface area contributed by atoms with E-state index in [1.807, 2.05) is 42.5 Å². The lowest BCUT2D eigenvalue weighted by Gasteiger charge is -2.18. The van der Waals surface area contributed by atoms with Gasteiger partial charge in [0.05, 0.1) is 23.9 Å². The summed E-state index contributed by atoms with van der Waals surface area (Å²) in [5.74, 6) is -0.0165. The Morgan fingerprint density at radius 1 is 1.04 bits per heavy atom. The molecule has 0 radical (unpaired) electrons. The molecule has 0 atom stereocenters. The predicted octanol–water partition coefficient (Wildman–Crippen LogP) is 4.53. The average molecular weight is 319 g/mol. The van der Waals surface area contributed by atoms with Gasteiger partial charge in [0.25, 0.3) is 5.91 Å². The van der Waals surface area contributed by atoms with Gasteiger partial charge in [0.15, 0.2) is 0 Å². The molecule has 3 nitrogen and oxygen atoms in total. The monoisotopic (exact) mass is 318 g/mol. The van der Waals surface area contributed by atoms with E-state index in [0.29, 0.717) is 22.7 Å². The first-order valence-electron chi connectivity index (χ1n) is 7.21. The van der Waals surface area contributed by atoms with E-state index < -0.39 is 0 Å². The highest BCUT2D eigenvalue weighted by Gasteiger charge is 2.30. The van der Waals surface area contributed by atoms with E-state index in [4.69, 9.17) is 16.9 Å². The molecule has 0 unspecified atom stereocenters. The molecule has 1 heterocycles. The molecule has 1 amide bonds. The van der Waals surface area contributed by atoms with Crippen LogP contribution in [0.5, 0.6) is 0 Å². The van der Waals surface area contributed by atoms with Crippen LogP contribution in [0, 0.1) is 11.3 Å². The molecule has 1 aliphatic rings. The van der Waals surface area contributed by atoms with Gasteiger partial charge in [-0.3, -0.25) is 4.79 Å². The quantitative estimate of drug-likeness (QED) is 0.697. The molecule has 0 fully saturated rings. The van der Waals surface area contributed by atoms with E-state index in [0.717, 1.165) is 22.0 Å². The minimum absolute atomic E-state index is 0.0165. The Kier molecular flexibility index (Phi) is 3.07. The molecule has 0 aromatic heterocycles. The van der Waals surface area contributed by atoms with Gasteiger partial charge in [-0.25, -0.2) is 0 Å². The topological polar surface area (TPSA) is 44.1 Å². The van der Waals surface area contributed by atoms with Crippen LogP contribution in [0.1, 0.15) is 21.5 Å². The van der Waals surface area contributed by atoms with Crippen LogP contribution in [0.2, 0.25) is 5.02 Å².